The Balaban J connectivity index is 1.32. The maximum Gasteiger partial charge on any atom is 0.420 e. The van der Waals surface area contributed by atoms with Crippen molar-refractivity contribution < 1.29 is 29.3 Å². The van der Waals surface area contributed by atoms with Crippen LogP contribution in [0, 0.1) is 0 Å². The summed E-state index contributed by atoms with van der Waals surface area (Å²) in [5.74, 6) is -0.0979. The average Bonchev–Trinajstić information content (AvgIpc) is 3.19. The second kappa shape index (κ2) is 14.9. The summed E-state index contributed by atoms with van der Waals surface area (Å²) < 4.78 is 6.26. The number of amides is 3. The van der Waals surface area contributed by atoms with E-state index in [9.17, 15) is 24.6 Å². The summed E-state index contributed by atoms with van der Waals surface area (Å²) in [5.41, 5.74) is 3.32. The van der Waals surface area contributed by atoms with E-state index in [0.717, 1.165) is 61.3 Å². The average molecular weight is 682 g/mol. The van der Waals surface area contributed by atoms with Gasteiger partial charge in [0.15, 0.2) is 0 Å². The van der Waals surface area contributed by atoms with Gasteiger partial charge in [0.05, 0.1) is 17.4 Å². The van der Waals surface area contributed by atoms with Gasteiger partial charge in [0.2, 0.25) is 5.91 Å². The van der Waals surface area contributed by atoms with Crippen molar-refractivity contribution in [2.45, 2.75) is 102 Å². The summed E-state index contributed by atoms with van der Waals surface area (Å²) in [5, 5.41) is 28.4. The number of benzene rings is 2. The van der Waals surface area contributed by atoms with Crippen LogP contribution in [-0.2, 0) is 22.5 Å². The number of phenols is 1. The van der Waals surface area contributed by atoms with Crippen LogP contribution in [0.4, 0.5) is 16.2 Å². The van der Waals surface area contributed by atoms with E-state index in [2.05, 4.69) is 21.6 Å². The smallest absolute Gasteiger partial charge is 0.420 e. The molecule has 0 aromatic heterocycles. The van der Waals surface area contributed by atoms with E-state index in [-0.39, 0.29) is 36.7 Å². The van der Waals surface area contributed by atoms with E-state index in [4.69, 9.17) is 4.74 Å². The number of phenolic OH excluding ortho intramolecular Hbond substituents is 1. The van der Waals surface area contributed by atoms with Gasteiger partial charge in [-0.05, 0) is 120 Å². The fourth-order valence-electron chi connectivity index (χ4n) is 6.62. The molecule has 0 radical (unpaired) electrons. The Morgan fingerprint density at radius 3 is 2.40 bits per heavy atom. The van der Waals surface area contributed by atoms with E-state index >= 15 is 0 Å². The van der Waals surface area contributed by atoms with Crippen molar-refractivity contribution in [3.63, 3.8) is 0 Å². The maximum absolute atomic E-state index is 13.7. The maximum atomic E-state index is 13.7. The van der Waals surface area contributed by atoms with Gasteiger partial charge in [-0.1, -0.05) is 6.07 Å². The fourth-order valence-corrected chi connectivity index (χ4v) is 7.86. The highest BCUT2D eigenvalue weighted by Gasteiger charge is 2.42. The zero-order valence-electron chi connectivity index (χ0n) is 28.9. The van der Waals surface area contributed by atoms with Gasteiger partial charge < -0.3 is 35.4 Å². The van der Waals surface area contributed by atoms with Crippen LogP contribution >= 0.6 is 11.9 Å². The fraction of sp³-hybridized carbons (Fsp3) is 0.583. The van der Waals surface area contributed by atoms with Crippen LogP contribution in [-0.4, -0.2) is 92.5 Å². The van der Waals surface area contributed by atoms with E-state index in [1.807, 2.05) is 30.0 Å². The van der Waals surface area contributed by atoms with Crippen LogP contribution in [0.25, 0.3) is 0 Å². The molecule has 2 fully saturated rings. The number of hydrogen-bond donors (Lipinski definition) is 4. The number of likely N-dealkylation sites (tertiary alicyclic amines) is 1. The number of anilines is 2. The lowest BCUT2D eigenvalue weighted by Gasteiger charge is -2.36. The normalized spacial score (nSPS) is 21.2. The number of hydrogen-bond acceptors (Lipinski definition) is 9. The summed E-state index contributed by atoms with van der Waals surface area (Å²) >= 11 is 1.20. The molecule has 0 spiro atoms. The molecular weight excluding hydrogens is 630 g/mol. The first kappa shape index (κ1) is 35.7. The zero-order valence-corrected chi connectivity index (χ0v) is 29.7. The Bertz CT molecular complexity index is 1480. The first-order valence-electron chi connectivity index (χ1n) is 17.1. The highest BCUT2D eigenvalue weighted by molar-refractivity contribution is 7.98. The third-order valence-corrected chi connectivity index (χ3v) is 10.7. The van der Waals surface area contributed by atoms with Crippen molar-refractivity contribution in [3.8, 4) is 5.75 Å². The number of ether oxygens (including phenoxy) is 1. The molecule has 48 heavy (non-hydrogen) atoms. The van der Waals surface area contributed by atoms with Crippen LogP contribution < -0.4 is 15.5 Å². The van der Waals surface area contributed by atoms with E-state index < -0.39 is 22.5 Å². The second-order valence-electron chi connectivity index (χ2n) is 14.5. The number of nitrogens with one attached hydrogen (secondary N) is 2. The summed E-state index contributed by atoms with van der Waals surface area (Å²) in [6.45, 7) is 12.3. The Labute approximate surface area is 288 Å². The molecule has 11 nitrogen and oxygen atoms in total. The van der Waals surface area contributed by atoms with Gasteiger partial charge in [0.25, 0.3) is 5.91 Å². The van der Waals surface area contributed by atoms with Gasteiger partial charge in [0, 0.05) is 62.6 Å². The largest absolute Gasteiger partial charge is 0.508 e. The van der Waals surface area contributed by atoms with Gasteiger partial charge in [-0.25, -0.2) is 9.10 Å². The summed E-state index contributed by atoms with van der Waals surface area (Å²) in [6.07, 6.45) is 3.93. The van der Waals surface area contributed by atoms with Gasteiger partial charge >= 0.3 is 6.09 Å². The molecule has 0 saturated carbocycles. The lowest BCUT2D eigenvalue weighted by atomic mass is 9.91. The Hall–Kier alpha value is -3.64. The molecule has 2 aromatic carbocycles. The molecule has 3 aliphatic rings. The van der Waals surface area contributed by atoms with Crippen LogP contribution in [0.15, 0.2) is 36.4 Å². The number of aromatic hydroxyl groups is 1. The van der Waals surface area contributed by atoms with Crippen LogP contribution in [0.1, 0.15) is 88.2 Å². The number of fused-ring (bicyclic) bond motifs is 1. The predicted octanol–water partition coefficient (Wildman–Crippen LogP) is 5.30. The number of piperidine rings is 2. The Kier molecular flexibility index (Phi) is 11.0. The number of nitrogens with zero attached hydrogens (tertiary/aromatic N) is 3. The number of carbonyl (C=O) groups is 3. The monoisotopic (exact) mass is 681 g/mol. The quantitative estimate of drug-likeness (QED) is 0.288. The van der Waals surface area contributed by atoms with Crippen LogP contribution in [0.2, 0.25) is 0 Å². The SMILES string of the molecule is CC(=O)N1CCC(Nc2cc(C(=O)NC[C@@H](O)[C@@]3(C)Cc4ccc(O)cc4CN(C(=O)OC(C)(C)C)S3)cc(N3CCCCC3)c2)CC1. The Morgan fingerprint density at radius 1 is 1.02 bits per heavy atom. The second-order valence-corrected chi connectivity index (χ2v) is 16.1. The third-order valence-electron chi connectivity index (χ3n) is 9.33. The highest BCUT2D eigenvalue weighted by Crippen LogP contribution is 2.41. The van der Waals surface area contributed by atoms with Crippen molar-refractivity contribution in [2.75, 3.05) is 42.9 Å². The molecule has 3 heterocycles. The van der Waals surface area contributed by atoms with E-state index in [1.165, 1.54) is 22.7 Å². The lowest BCUT2D eigenvalue weighted by molar-refractivity contribution is -0.129. The molecule has 3 amide bonds. The van der Waals surface area contributed by atoms with E-state index in [1.54, 1.807) is 39.8 Å². The van der Waals surface area contributed by atoms with E-state index in [0.29, 0.717) is 25.1 Å². The highest BCUT2D eigenvalue weighted by atomic mass is 32.2. The van der Waals surface area contributed by atoms with Crippen LogP contribution in [0.5, 0.6) is 5.75 Å². The first-order chi connectivity index (χ1) is 22.7. The molecule has 3 aliphatic heterocycles. The molecule has 0 bridgehead atoms. The molecular formula is C36H51N5O6S. The minimum Gasteiger partial charge on any atom is -0.508 e. The van der Waals surface area contributed by atoms with Crippen molar-refractivity contribution in [1.29, 1.82) is 0 Å². The standard InChI is InChI=1S/C36H51N5O6S/c1-24(42)39-15-11-28(12-16-39)38-29-17-26(18-30(20-29)40-13-7-6-8-14-40)33(45)37-22-32(44)36(5)21-25-9-10-31(43)19-27(25)23-41(48-36)34(46)47-35(2,3)4/h9-10,17-20,28,32,38,43-44H,6-8,11-16,21-23H2,1-5H3,(H,37,45)/t32-,36-/m1/s1. The summed E-state index contributed by atoms with van der Waals surface area (Å²) in [4.78, 5) is 43.0. The minimum atomic E-state index is -1.02. The lowest BCUT2D eigenvalue weighted by Crippen LogP contribution is -2.48. The van der Waals surface area contributed by atoms with Crippen molar-refractivity contribution in [1.82, 2.24) is 14.5 Å². The van der Waals surface area contributed by atoms with Crippen molar-refractivity contribution in [3.05, 3.63) is 53.1 Å². The molecule has 0 unspecified atom stereocenters. The van der Waals surface area contributed by atoms with Gasteiger partial charge in [0.1, 0.15) is 11.4 Å². The Morgan fingerprint density at radius 2 is 1.73 bits per heavy atom. The van der Waals surface area contributed by atoms with Gasteiger partial charge in [-0.15, -0.1) is 0 Å². The molecule has 262 valence electrons. The summed E-state index contributed by atoms with van der Waals surface area (Å²) in [6, 6.07) is 11.2. The predicted molar refractivity (Wildman–Crippen MR) is 189 cm³/mol. The van der Waals surface area contributed by atoms with Gasteiger partial charge in [-0.2, -0.15) is 0 Å². The summed E-state index contributed by atoms with van der Waals surface area (Å²) in [7, 11) is 0. The number of aliphatic hydroxyl groups is 1. The molecule has 2 atom stereocenters. The van der Waals surface area contributed by atoms with Crippen molar-refractivity contribution >= 4 is 41.2 Å². The third kappa shape index (κ3) is 9.07. The number of aliphatic hydroxyl groups excluding tert-OH is 1. The zero-order chi connectivity index (χ0) is 34.6. The number of rotatable bonds is 7. The molecule has 2 aromatic rings. The molecule has 4 N–H and O–H groups in total. The van der Waals surface area contributed by atoms with Crippen molar-refractivity contribution in [2.24, 2.45) is 0 Å². The first-order valence-corrected chi connectivity index (χ1v) is 17.9. The topological polar surface area (TPSA) is 135 Å². The van der Waals surface area contributed by atoms with Gasteiger partial charge in [-0.3, -0.25) is 9.59 Å². The molecule has 0 aliphatic carbocycles. The minimum absolute atomic E-state index is 0.0296. The molecule has 12 heteroatoms. The number of carbonyl (C=O) groups excluding carboxylic acids is 3. The molecule has 2 saturated heterocycles. The molecule has 5 rings (SSSR count). The van der Waals surface area contributed by atoms with Crippen LogP contribution in [0.3, 0.4) is 0 Å².